The van der Waals surface area contributed by atoms with Gasteiger partial charge in [-0.05, 0) is 23.8 Å². The van der Waals surface area contributed by atoms with Gasteiger partial charge in [-0.3, -0.25) is 9.20 Å². The summed E-state index contributed by atoms with van der Waals surface area (Å²) < 4.78 is 27.3. The lowest BCUT2D eigenvalue weighted by Crippen LogP contribution is -2.23. The van der Waals surface area contributed by atoms with Crippen LogP contribution in [0.2, 0.25) is 0 Å². The number of carbonyl (C=O) groups excluding carboxylic acids is 1. The molecule has 0 radical (unpaired) electrons. The number of nitrogens with zero attached hydrogens (tertiary/aromatic N) is 3. The third-order valence-electron chi connectivity index (χ3n) is 4.12. The summed E-state index contributed by atoms with van der Waals surface area (Å²) in [6, 6.07) is 8.34. The van der Waals surface area contributed by atoms with E-state index in [4.69, 9.17) is 0 Å². The van der Waals surface area contributed by atoms with Gasteiger partial charge in [0.1, 0.15) is 4.83 Å². The Hall–Kier alpha value is -2.27. The van der Waals surface area contributed by atoms with Gasteiger partial charge in [0.2, 0.25) is 10.0 Å². The van der Waals surface area contributed by atoms with Gasteiger partial charge < -0.3 is 5.32 Å². The molecule has 0 aliphatic heterocycles. The number of hydrogen-bond donors (Lipinski definition) is 1. The van der Waals surface area contributed by atoms with E-state index in [2.05, 4.69) is 10.3 Å². The van der Waals surface area contributed by atoms with E-state index in [0.717, 1.165) is 20.9 Å². The van der Waals surface area contributed by atoms with Gasteiger partial charge in [-0.1, -0.05) is 12.1 Å². The average Bonchev–Trinajstić information content (AvgIpc) is 3.32. The molecule has 0 unspecified atom stereocenters. The van der Waals surface area contributed by atoms with Crippen LogP contribution in [0.4, 0.5) is 0 Å². The Morgan fingerprint density at radius 1 is 1.26 bits per heavy atom. The van der Waals surface area contributed by atoms with E-state index < -0.39 is 10.0 Å². The number of imidazole rings is 1. The van der Waals surface area contributed by atoms with Crippen molar-refractivity contribution in [2.75, 3.05) is 14.1 Å². The number of nitrogens with one attached hydrogen (secondary N) is 1. The van der Waals surface area contributed by atoms with E-state index in [1.807, 2.05) is 22.0 Å². The van der Waals surface area contributed by atoms with Crippen molar-refractivity contribution in [1.29, 1.82) is 0 Å². The van der Waals surface area contributed by atoms with Gasteiger partial charge in [0.25, 0.3) is 5.91 Å². The van der Waals surface area contributed by atoms with Gasteiger partial charge in [-0.2, -0.15) is 0 Å². The summed E-state index contributed by atoms with van der Waals surface area (Å²) in [4.78, 5) is 19.5. The van der Waals surface area contributed by atoms with Crippen LogP contribution in [0, 0.1) is 0 Å². The number of fused-ring (bicyclic) bond motifs is 3. The van der Waals surface area contributed by atoms with Crippen molar-refractivity contribution in [3.63, 3.8) is 0 Å². The monoisotopic (exact) mass is 420 g/mol. The van der Waals surface area contributed by atoms with E-state index in [1.165, 1.54) is 29.7 Å². The Labute approximate surface area is 163 Å². The SMILES string of the molecule is CN(C)S(=O)(=O)c1ccc(CNC(=O)c2cc3c(nc4sccn43)s2)cc1. The summed E-state index contributed by atoms with van der Waals surface area (Å²) in [6.07, 6.45) is 1.94. The Balaban J connectivity index is 1.46. The van der Waals surface area contributed by atoms with Crippen molar-refractivity contribution in [2.45, 2.75) is 11.4 Å². The number of hydrogen-bond acceptors (Lipinski definition) is 6. The van der Waals surface area contributed by atoms with E-state index in [-0.39, 0.29) is 10.8 Å². The van der Waals surface area contributed by atoms with Gasteiger partial charge in [-0.15, -0.1) is 22.7 Å². The number of benzene rings is 1. The molecule has 4 rings (SSSR count). The standard InChI is InChI=1S/C17H16N4O3S3/c1-20(2)27(23,24)12-5-3-11(4-6-12)10-18-15(22)14-9-13-16(26-14)19-17-21(13)7-8-25-17/h3-9H,10H2,1-2H3,(H,18,22). The summed E-state index contributed by atoms with van der Waals surface area (Å²) >= 11 is 2.91. The van der Waals surface area contributed by atoms with Crippen LogP contribution in [0.5, 0.6) is 0 Å². The van der Waals surface area contributed by atoms with Crippen LogP contribution in [0.15, 0.2) is 46.8 Å². The molecule has 3 aromatic heterocycles. The molecule has 0 aliphatic carbocycles. The van der Waals surface area contributed by atoms with Gasteiger partial charge in [0.15, 0.2) is 4.96 Å². The van der Waals surface area contributed by atoms with Crippen molar-refractivity contribution in [2.24, 2.45) is 0 Å². The number of thiazole rings is 1. The fourth-order valence-electron chi connectivity index (χ4n) is 2.62. The van der Waals surface area contributed by atoms with Crippen molar-refractivity contribution in [3.8, 4) is 0 Å². The molecule has 3 heterocycles. The Kier molecular flexibility index (Phi) is 4.50. The topological polar surface area (TPSA) is 83.8 Å². The number of carbonyl (C=O) groups is 1. The summed E-state index contributed by atoms with van der Waals surface area (Å²) in [5, 5.41) is 4.82. The Morgan fingerprint density at radius 2 is 2.00 bits per heavy atom. The minimum atomic E-state index is -3.45. The van der Waals surface area contributed by atoms with Crippen LogP contribution in [0.25, 0.3) is 15.3 Å². The number of aromatic nitrogens is 2. The zero-order valence-electron chi connectivity index (χ0n) is 14.5. The first-order valence-corrected chi connectivity index (χ1v) is 11.1. The molecule has 27 heavy (non-hydrogen) atoms. The second-order valence-electron chi connectivity index (χ2n) is 6.08. The molecule has 7 nitrogen and oxygen atoms in total. The highest BCUT2D eigenvalue weighted by Gasteiger charge is 2.17. The quantitative estimate of drug-likeness (QED) is 0.538. The lowest BCUT2D eigenvalue weighted by atomic mass is 10.2. The molecule has 10 heteroatoms. The fraction of sp³-hybridized carbons (Fsp3) is 0.176. The summed E-state index contributed by atoms with van der Waals surface area (Å²) in [5.74, 6) is -0.174. The number of rotatable bonds is 5. The van der Waals surface area contributed by atoms with Crippen molar-refractivity contribution < 1.29 is 13.2 Å². The third-order valence-corrected chi connectivity index (χ3v) is 7.72. The maximum absolute atomic E-state index is 12.4. The minimum Gasteiger partial charge on any atom is -0.347 e. The van der Waals surface area contributed by atoms with Crippen LogP contribution < -0.4 is 5.32 Å². The van der Waals surface area contributed by atoms with E-state index >= 15 is 0 Å². The largest absolute Gasteiger partial charge is 0.347 e. The predicted molar refractivity (Wildman–Crippen MR) is 107 cm³/mol. The molecular weight excluding hydrogens is 404 g/mol. The zero-order valence-corrected chi connectivity index (χ0v) is 17.0. The lowest BCUT2D eigenvalue weighted by molar-refractivity contribution is 0.0955. The van der Waals surface area contributed by atoms with Crippen molar-refractivity contribution in [3.05, 3.63) is 52.3 Å². The van der Waals surface area contributed by atoms with E-state index in [0.29, 0.717) is 11.4 Å². The zero-order chi connectivity index (χ0) is 19.2. The van der Waals surface area contributed by atoms with Crippen LogP contribution in [-0.2, 0) is 16.6 Å². The van der Waals surface area contributed by atoms with Crippen molar-refractivity contribution in [1.82, 2.24) is 19.0 Å². The maximum Gasteiger partial charge on any atom is 0.261 e. The van der Waals surface area contributed by atoms with Crippen molar-refractivity contribution >= 4 is 53.9 Å². The first-order valence-electron chi connectivity index (χ1n) is 8.01. The molecule has 0 saturated carbocycles. The van der Waals surface area contributed by atoms with Crippen LogP contribution in [0.3, 0.4) is 0 Å². The van der Waals surface area contributed by atoms with Crippen LogP contribution >= 0.6 is 22.7 Å². The second kappa shape index (κ2) is 6.71. The van der Waals surface area contributed by atoms with Crippen LogP contribution in [-0.4, -0.2) is 42.1 Å². The molecule has 140 valence electrons. The summed E-state index contributed by atoms with van der Waals surface area (Å²) in [5.41, 5.74) is 1.75. The molecule has 1 aromatic carbocycles. The van der Waals surface area contributed by atoms with E-state index in [1.54, 1.807) is 35.6 Å². The lowest BCUT2D eigenvalue weighted by Gasteiger charge is -2.11. The normalized spacial score (nSPS) is 12.3. The Morgan fingerprint density at radius 3 is 2.70 bits per heavy atom. The predicted octanol–water partition coefficient (Wildman–Crippen LogP) is 2.79. The molecule has 0 spiro atoms. The Bertz CT molecular complexity index is 1230. The fourth-order valence-corrected chi connectivity index (χ4v) is 5.24. The molecule has 1 N–H and O–H groups in total. The smallest absolute Gasteiger partial charge is 0.261 e. The molecule has 0 atom stereocenters. The molecule has 0 aliphatic rings. The first kappa shape index (κ1) is 18.1. The molecule has 1 amide bonds. The summed E-state index contributed by atoms with van der Waals surface area (Å²) in [7, 11) is -0.467. The van der Waals surface area contributed by atoms with Gasteiger partial charge >= 0.3 is 0 Å². The van der Waals surface area contributed by atoms with Gasteiger partial charge in [-0.25, -0.2) is 17.7 Å². The molecule has 0 saturated heterocycles. The summed E-state index contributed by atoms with van der Waals surface area (Å²) in [6.45, 7) is 0.317. The molecule has 0 fully saturated rings. The average molecular weight is 421 g/mol. The highest BCUT2D eigenvalue weighted by Crippen LogP contribution is 2.28. The maximum atomic E-state index is 12.4. The van der Waals surface area contributed by atoms with E-state index in [9.17, 15) is 13.2 Å². The first-order chi connectivity index (χ1) is 12.9. The van der Waals surface area contributed by atoms with Gasteiger partial charge in [0.05, 0.1) is 15.3 Å². The minimum absolute atomic E-state index is 0.174. The molecular formula is C17H16N4O3S3. The highest BCUT2D eigenvalue weighted by molar-refractivity contribution is 7.89. The number of thiophene rings is 1. The van der Waals surface area contributed by atoms with Gasteiger partial charge in [0, 0.05) is 32.2 Å². The molecule has 0 bridgehead atoms. The number of sulfonamides is 1. The highest BCUT2D eigenvalue weighted by atomic mass is 32.2. The molecule has 4 aromatic rings. The second-order valence-corrected chi connectivity index (χ2v) is 10.1. The number of amides is 1. The third kappa shape index (κ3) is 3.25. The van der Waals surface area contributed by atoms with Crippen LogP contribution in [0.1, 0.15) is 15.2 Å².